The molecule has 6 heterocycles. The van der Waals surface area contributed by atoms with Crippen molar-refractivity contribution in [3.8, 4) is 0 Å². The van der Waals surface area contributed by atoms with Crippen LogP contribution < -0.4 is 20.4 Å². The average Bonchev–Trinajstić information content (AvgIpc) is 4.04. The summed E-state index contributed by atoms with van der Waals surface area (Å²) < 4.78 is 32.8. The number of piperidine rings is 1. The number of hydrogen-bond donors (Lipinski definition) is 4. The molecule has 8 nitrogen and oxygen atoms in total. The van der Waals surface area contributed by atoms with Crippen LogP contribution in [-0.2, 0) is 6.42 Å². The zero-order valence-corrected chi connectivity index (χ0v) is 30.6. The van der Waals surface area contributed by atoms with Crippen LogP contribution in [0.4, 0.5) is 20.2 Å². The second kappa shape index (κ2) is 14.1. The van der Waals surface area contributed by atoms with Crippen molar-refractivity contribution in [2.45, 2.75) is 82.0 Å². The molecular weight excluding hydrogens is 679 g/mol. The lowest BCUT2D eigenvalue weighted by molar-refractivity contribution is 0.397. The van der Waals surface area contributed by atoms with Crippen molar-refractivity contribution >= 4 is 33.4 Å². The Kier molecular flexibility index (Phi) is 8.83. The zero-order valence-electron chi connectivity index (χ0n) is 30.6. The summed E-state index contributed by atoms with van der Waals surface area (Å²) in [6.45, 7) is 3.30. The van der Waals surface area contributed by atoms with Gasteiger partial charge in [0, 0.05) is 18.8 Å². The first-order chi connectivity index (χ1) is 26.5. The van der Waals surface area contributed by atoms with Crippen LogP contribution in [0, 0.1) is 17.6 Å². The molecule has 10 heteroatoms. The van der Waals surface area contributed by atoms with Crippen molar-refractivity contribution in [2.75, 3.05) is 36.0 Å². The fraction of sp³-hybridized carbons (Fsp3) is 0.409. The normalized spacial score (nSPS) is 23.7. The van der Waals surface area contributed by atoms with Gasteiger partial charge in [-0.05, 0) is 130 Å². The van der Waals surface area contributed by atoms with Gasteiger partial charge in [-0.2, -0.15) is 0 Å². The maximum absolute atomic E-state index is 16.4. The van der Waals surface area contributed by atoms with E-state index in [0.717, 1.165) is 116 Å². The van der Waals surface area contributed by atoms with E-state index in [0.29, 0.717) is 24.7 Å². The molecule has 6 aromatic rings. The number of H-pyrrole nitrogens is 2. The van der Waals surface area contributed by atoms with Gasteiger partial charge in [0.15, 0.2) is 11.6 Å². The van der Waals surface area contributed by atoms with E-state index in [-0.39, 0.29) is 29.9 Å². The number of halogens is 2. The summed E-state index contributed by atoms with van der Waals surface area (Å²) in [6.07, 6.45) is 8.96. The van der Waals surface area contributed by atoms with E-state index in [2.05, 4.69) is 86.2 Å². The van der Waals surface area contributed by atoms with Gasteiger partial charge in [0.25, 0.3) is 0 Å². The molecule has 54 heavy (non-hydrogen) atoms. The minimum Gasteiger partial charge on any atom is -0.367 e. The monoisotopic (exact) mass is 726 g/mol. The van der Waals surface area contributed by atoms with Gasteiger partial charge < -0.3 is 30.4 Å². The molecule has 0 saturated carbocycles. The summed E-state index contributed by atoms with van der Waals surface area (Å²) in [5.41, 5.74) is 8.09. The van der Waals surface area contributed by atoms with Crippen molar-refractivity contribution in [2.24, 2.45) is 5.92 Å². The van der Waals surface area contributed by atoms with Crippen LogP contribution in [0.3, 0.4) is 0 Å². The number of nitrogens with one attached hydrogen (secondary N) is 4. The maximum atomic E-state index is 16.4. The predicted octanol–water partition coefficient (Wildman–Crippen LogP) is 9.11. The third kappa shape index (κ3) is 6.33. The van der Waals surface area contributed by atoms with Crippen molar-refractivity contribution in [1.29, 1.82) is 0 Å². The van der Waals surface area contributed by atoms with E-state index >= 15 is 8.78 Å². The Balaban J connectivity index is 0.974. The highest BCUT2D eigenvalue weighted by atomic mass is 19.1. The van der Waals surface area contributed by atoms with E-state index in [4.69, 9.17) is 9.97 Å². The molecule has 2 aromatic heterocycles. The molecule has 4 N–H and O–H groups in total. The second-order valence-electron chi connectivity index (χ2n) is 16.0. The van der Waals surface area contributed by atoms with Crippen LogP contribution in [-0.4, -0.2) is 46.1 Å². The third-order valence-corrected chi connectivity index (χ3v) is 12.6. The molecule has 4 fully saturated rings. The van der Waals surface area contributed by atoms with Crippen molar-refractivity contribution < 1.29 is 8.78 Å². The summed E-state index contributed by atoms with van der Waals surface area (Å²) in [4.78, 5) is 21.2. The molecule has 10 rings (SSSR count). The lowest BCUT2D eigenvalue weighted by Gasteiger charge is -2.36. The maximum Gasteiger partial charge on any atom is 0.151 e. The van der Waals surface area contributed by atoms with Crippen molar-refractivity contribution in [3.63, 3.8) is 0 Å². The molecule has 0 bridgehead atoms. The Morgan fingerprint density at radius 3 is 1.70 bits per heavy atom. The van der Waals surface area contributed by atoms with Crippen LogP contribution in [0.1, 0.15) is 104 Å². The number of benzene rings is 4. The van der Waals surface area contributed by atoms with Crippen molar-refractivity contribution in [1.82, 2.24) is 30.6 Å². The summed E-state index contributed by atoms with van der Waals surface area (Å²) in [5.74, 6) is 1.47. The minimum absolute atomic E-state index is 0.0788. The van der Waals surface area contributed by atoms with Crippen molar-refractivity contribution in [3.05, 3.63) is 119 Å². The first-order valence-electron chi connectivity index (χ1n) is 20.1. The highest BCUT2D eigenvalue weighted by Gasteiger charge is 2.37. The van der Waals surface area contributed by atoms with Gasteiger partial charge in [-0.1, -0.05) is 42.5 Å². The molecule has 4 saturated heterocycles. The number of anilines is 2. The van der Waals surface area contributed by atoms with Gasteiger partial charge in [-0.25, -0.2) is 18.7 Å². The number of aromatic nitrogens is 4. The molecule has 4 aliphatic rings. The van der Waals surface area contributed by atoms with Gasteiger partial charge >= 0.3 is 0 Å². The van der Waals surface area contributed by atoms with Gasteiger partial charge in [0.2, 0.25) is 0 Å². The molecule has 0 radical (unpaired) electrons. The van der Waals surface area contributed by atoms with Crippen LogP contribution in [0.25, 0.3) is 22.1 Å². The first kappa shape index (κ1) is 33.7. The van der Waals surface area contributed by atoms with E-state index in [9.17, 15) is 0 Å². The molecule has 0 unspecified atom stereocenters. The molecule has 4 aromatic carbocycles. The lowest BCUT2D eigenvalue weighted by atomic mass is 9.90. The Bertz CT molecular complexity index is 2140. The van der Waals surface area contributed by atoms with Crippen LogP contribution in [0.5, 0.6) is 0 Å². The molecule has 0 amide bonds. The summed E-state index contributed by atoms with van der Waals surface area (Å²) >= 11 is 0. The number of aromatic amines is 2. The number of fused-ring (bicyclic) bond motifs is 2. The Hall–Kier alpha value is -4.80. The molecule has 278 valence electrons. The van der Waals surface area contributed by atoms with E-state index in [1.165, 1.54) is 5.56 Å². The van der Waals surface area contributed by atoms with Gasteiger partial charge in [-0.15, -0.1) is 0 Å². The van der Waals surface area contributed by atoms with Gasteiger partial charge in [0.05, 0.1) is 46.2 Å². The Morgan fingerprint density at radius 2 is 1.19 bits per heavy atom. The second-order valence-corrected chi connectivity index (χ2v) is 16.0. The highest BCUT2D eigenvalue weighted by Crippen LogP contribution is 2.49. The first-order valence-corrected chi connectivity index (χ1v) is 20.1. The minimum atomic E-state index is -0.494. The topological polar surface area (TPSA) is 87.9 Å². The molecule has 0 spiro atoms. The predicted molar refractivity (Wildman–Crippen MR) is 211 cm³/mol. The SMILES string of the molecule is Fc1cc(N2[C@@H](c3ccc4nc([C@@H]5CCCN5)[nH]c4c3)CC[C@H]2c2ccc3nc([C@@H]4CCCN4)[nH]c3c2)cc(F)c1N1CCC(Cc2ccccc2)CC1. The Morgan fingerprint density at radius 1 is 0.630 bits per heavy atom. The lowest BCUT2D eigenvalue weighted by Crippen LogP contribution is -2.35. The fourth-order valence-corrected chi connectivity index (χ4v) is 9.81. The van der Waals surface area contributed by atoms with E-state index in [1.807, 2.05) is 11.0 Å². The van der Waals surface area contributed by atoms with E-state index in [1.54, 1.807) is 12.1 Å². The average molecular weight is 727 g/mol. The summed E-state index contributed by atoms with van der Waals surface area (Å²) in [5, 5.41) is 7.10. The van der Waals surface area contributed by atoms with Gasteiger partial charge in [-0.3, -0.25) is 0 Å². The largest absolute Gasteiger partial charge is 0.367 e. The van der Waals surface area contributed by atoms with Crippen LogP contribution in [0.15, 0.2) is 78.9 Å². The smallest absolute Gasteiger partial charge is 0.151 e. The molecular formula is C44H48F2N8. The number of rotatable bonds is 8. The number of nitrogens with zero attached hydrogens (tertiary/aromatic N) is 4. The zero-order chi connectivity index (χ0) is 36.2. The fourth-order valence-electron chi connectivity index (χ4n) is 9.81. The summed E-state index contributed by atoms with van der Waals surface area (Å²) in [7, 11) is 0. The van der Waals surface area contributed by atoms with Crippen LogP contribution in [0.2, 0.25) is 0 Å². The number of hydrogen-bond acceptors (Lipinski definition) is 6. The highest BCUT2D eigenvalue weighted by molar-refractivity contribution is 5.78. The van der Waals surface area contributed by atoms with Crippen LogP contribution >= 0.6 is 0 Å². The molecule has 0 aliphatic carbocycles. The Labute approximate surface area is 314 Å². The number of imidazole rings is 2. The van der Waals surface area contributed by atoms with Gasteiger partial charge in [0.1, 0.15) is 17.3 Å². The molecule has 4 aliphatic heterocycles. The molecule has 4 atom stereocenters. The third-order valence-electron chi connectivity index (χ3n) is 12.6. The standard InChI is InChI=1S/C44H48F2N8/c45-32-25-31(26-33(46)42(32)53-20-16-28(17-21-53)22-27-6-2-1-3-7-27)54-40(29-10-12-34-38(23-29)51-43(49-34)36-8-4-18-47-36)14-15-41(54)30-11-13-35-39(24-30)52-44(50-35)37-9-5-19-48-37/h1-3,6-7,10-13,23-26,28,36-37,40-41,47-48H,4-5,8-9,14-22H2,(H,49,51)(H,50,52)/t36-,37-,40-,41+/m0/s1. The summed E-state index contributed by atoms with van der Waals surface area (Å²) in [6, 6.07) is 26.9. The quantitative estimate of drug-likeness (QED) is 0.125. The van der Waals surface area contributed by atoms with E-state index < -0.39 is 11.6 Å².